The summed E-state index contributed by atoms with van der Waals surface area (Å²) in [6.07, 6.45) is -0.969. The van der Waals surface area contributed by atoms with E-state index in [2.05, 4.69) is 0 Å². The molecule has 0 aromatic heterocycles. The van der Waals surface area contributed by atoms with Crippen LogP contribution >= 0.6 is 0 Å². The quantitative estimate of drug-likeness (QED) is 0.262. The van der Waals surface area contributed by atoms with Crippen molar-refractivity contribution < 1.29 is 38.1 Å². The molecular formula is C31H49NO8. The Morgan fingerprint density at radius 2 is 1.18 bits per heavy atom. The van der Waals surface area contributed by atoms with E-state index in [-0.39, 0.29) is 59.4 Å². The Morgan fingerprint density at radius 1 is 0.725 bits per heavy atom. The lowest BCUT2D eigenvalue weighted by Gasteiger charge is -2.24. The Bertz CT molecular complexity index is 1030. The van der Waals surface area contributed by atoms with E-state index in [9.17, 15) is 19.2 Å². The fourth-order valence-corrected chi connectivity index (χ4v) is 3.39. The Balaban J connectivity index is 2.99. The van der Waals surface area contributed by atoms with Crippen LogP contribution in [0, 0.1) is 22.7 Å². The van der Waals surface area contributed by atoms with E-state index in [1.165, 1.54) is 12.1 Å². The number of carbonyl (C=O) groups is 4. The first-order valence-corrected chi connectivity index (χ1v) is 13.9. The topological polar surface area (TPSA) is 131 Å². The largest absolute Gasteiger partial charge is 0.459 e. The summed E-state index contributed by atoms with van der Waals surface area (Å²) in [5, 5.41) is 0. The first-order valence-electron chi connectivity index (χ1n) is 13.9. The highest BCUT2D eigenvalue weighted by atomic mass is 16.6. The Hall–Kier alpha value is -2.94. The van der Waals surface area contributed by atoms with Crippen molar-refractivity contribution >= 4 is 23.9 Å². The third kappa shape index (κ3) is 12.9. The second-order valence-corrected chi connectivity index (χ2v) is 13.3. The van der Waals surface area contributed by atoms with Gasteiger partial charge in [0.15, 0.2) is 11.5 Å². The summed E-state index contributed by atoms with van der Waals surface area (Å²) in [6, 6.07) is 3.67. The van der Waals surface area contributed by atoms with Gasteiger partial charge in [-0.15, -0.1) is 0 Å². The zero-order valence-corrected chi connectivity index (χ0v) is 26.1. The summed E-state index contributed by atoms with van der Waals surface area (Å²) in [6.45, 7) is 20.4. The molecule has 9 heteroatoms. The van der Waals surface area contributed by atoms with Crippen molar-refractivity contribution in [3.8, 4) is 11.5 Å². The molecule has 2 N–H and O–H groups in total. The zero-order chi connectivity index (χ0) is 31.0. The number of rotatable bonds is 12. The molecule has 0 aliphatic carbocycles. The van der Waals surface area contributed by atoms with Crippen LogP contribution in [-0.2, 0) is 35.1 Å². The summed E-state index contributed by atoms with van der Waals surface area (Å²) in [5.41, 5.74) is 6.12. The fourth-order valence-electron chi connectivity index (χ4n) is 3.39. The molecule has 0 saturated heterocycles. The molecular weight excluding hydrogens is 514 g/mol. The Morgan fingerprint density at radius 3 is 1.62 bits per heavy atom. The molecule has 0 aliphatic heterocycles. The predicted octanol–water partition coefficient (Wildman–Crippen LogP) is 5.40. The maximum Gasteiger partial charge on any atom is 0.323 e. The van der Waals surface area contributed by atoms with Crippen LogP contribution in [-0.4, -0.2) is 42.1 Å². The van der Waals surface area contributed by atoms with Gasteiger partial charge in [-0.1, -0.05) is 68.4 Å². The highest BCUT2D eigenvalue weighted by Gasteiger charge is 2.28. The van der Waals surface area contributed by atoms with E-state index >= 15 is 0 Å². The number of benzene rings is 1. The fraction of sp³-hybridized carbons (Fsp3) is 0.677. The number of hydrogen-bond acceptors (Lipinski definition) is 9. The molecule has 0 aliphatic rings. The lowest BCUT2D eigenvalue weighted by atomic mass is 9.92. The molecule has 1 aromatic carbocycles. The molecule has 9 nitrogen and oxygen atoms in total. The van der Waals surface area contributed by atoms with Crippen molar-refractivity contribution in [2.24, 2.45) is 28.4 Å². The molecule has 0 fully saturated rings. The van der Waals surface area contributed by atoms with Crippen LogP contribution in [0.2, 0.25) is 0 Å². The molecule has 1 rings (SSSR count). The molecule has 1 unspecified atom stereocenters. The van der Waals surface area contributed by atoms with Gasteiger partial charge in [-0.2, -0.15) is 0 Å². The van der Waals surface area contributed by atoms with Crippen LogP contribution in [0.25, 0.3) is 0 Å². The van der Waals surface area contributed by atoms with Crippen LogP contribution in [0.4, 0.5) is 0 Å². The van der Waals surface area contributed by atoms with Crippen molar-refractivity contribution in [1.29, 1.82) is 0 Å². The van der Waals surface area contributed by atoms with Gasteiger partial charge in [-0.3, -0.25) is 19.2 Å². The lowest BCUT2D eigenvalue weighted by molar-refractivity contribution is -0.169. The predicted molar refractivity (Wildman–Crippen MR) is 153 cm³/mol. The Labute approximate surface area is 239 Å². The zero-order valence-electron chi connectivity index (χ0n) is 26.1. The third-order valence-corrected chi connectivity index (χ3v) is 6.20. The van der Waals surface area contributed by atoms with Crippen LogP contribution in [0.3, 0.4) is 0 Å². The third-order valence-electron chi connectivity index (χ3n) is 6.20. The maximum absolute atomic E-state index is 12.7. The molecule has 0 saturated carbocycles. The molecule has 0 bridgehead atoms. The number of ether oxygens (including phenoxy) is 4. The van der Waals surface area contributed by atoms with Crippen molar-refractivity contribution in [3.05, 3.63) is 23.8 Å². The van der Waals surface area contributed by atoms with Crippen LogP contribution in [0.5, 0.6) is 11.5 Å². The number of hydrogen-bond donors (Lipinski definition) is 1. The Kier molecular flexibility index (Phi) is 12.8. The first kappa shape index (κ1) is 35.1. The first-order chi connectivity index (χ1) is 18.2. The second-order valence-electron chi connectivity index (χ2n) is 13.3. The van der Waals surface area contributed by atoms with Gasteiger partial charge >= 0.3 is 23.9 Å². The monoisotopic (exact) mass is 563 g/mol. The van der Waals surface area contributed by atoms with Crippen molar-refractivity contribution in [3.63, 3.8) is 0 Å². The van der Waals surface area contributed by atoms with Crippen molar-refractivity contribution in [1.82, 2.24) is 0 Å². The van der Waals surface area contributed by atoms with Gasteiger partial charge in [0.1, 0.15) is 18.2 Å². The van der Waals surface area contributed by atoms with E-state index in [1.54, 1.807) is 26.8 Å². The average molecular weight is 564 g/mol. The van der Waals surface area contributed by atoms with E-state index in [1.807, 2.05) is 55.4 Å². The minimum Gasteiger partial charge on any atom is -0.459 e. The van der Waals surface area contributed by atoms with Gasteiger partial charge < -0.3 is 24.7 Å². The average Bonchev–Trinajstić information content (AvgIpc) is 2.77. The summed E-state index contributed by atoms with van der Waals surface area (Å²) in [4.78, 5) is 50.0. The van der Waals surface area contributed by atoms with E-state index in [0.717, 1.165) is 0 Å². The molecule has 1 aromatic rings. The summed E-state index contributed by atoms with van der Waals surface area (Å²) in [5.74, 6) is -1.94. The van der Waals surface area contributed by atoms with Gasteiger partial charge in [0.05, 0.1) is 18.8 Å². The normalized spacial score (nSPS) is 15.0. The second kappa shape index (κ2) is 14.6. The van der Waals surface area contributed by atoms with Crippen molar-refractivity contribution in [2.75, 3.05) is 0 Å². The summed E-state index contributed by atoms with van der Waals surface area (Å²) in [7, 11) is 0. The smallest absolute Gasteiger partial charge is 0.323 e. The van der Waals surface area contributed by atoms with Gasteiger partial charge in [0.2, 0.25) is 0 Å². The number of carbonyl (C=O) groups excluding carboxylic acids is 4. The van der Waals surface area contributed by atoms with Crippen LogP contribution in [0.1, 0.15) is 94.6 Å². The van der Waals surface area contributed by atoms with E-state index in [0.29, 0.717) is 5.56 Å². The summed E-state index contributed by atoms with van der Waals surface area (Å²) >= 11 is 0. The van der Waals surface area contributed by atoms with Gasteiger partial charge in [0.25, 0.3) is 0 Å². The number of nitrogens with two attached hydrogens (primary N) is 1. The van der Waals surface area contributed by atoms with Gasteiger partial charge in [-0.05, 0) is 54.7 Å². The van der Waals surface area contributed by atoms with Crippen LogP contribution in [0.15, 0.2) is 18.2 Å². The minimum absolute atomic E-state index is 0.0720. The highest BCUT2D eigenvalue weighted by Crippen LogP contribution is 2.32. The van der Waals surface area contributed by atoms with Crippen molar-refractivity contribution in [2.45, 2.75) is 114 Å². The van der Waals surface area contributed by atoms with E-state index in [4.69, 9.17) is 24.7 Å². The van der Waals surface area contributed by atoms with Crippen LogP contribution < -0.4 is 15.2 Å². The molecule has 40 heavy (non-hydrogen) atoms. The highest BCUT2D eigenvalue weighted by molar-refractivity contribution is 5.78. The molecule has 4 atom stereocenters. The lowest BCUT2D eigenvalue weighted by Crippen LogP contribution is -2.40. The van der Waals surface area contributed by atoms with Gasteiger partial charge in [0, 0.05) is 0 Å². The molecule has 0 amide bonds. The maximum atomic E-state index is 12.7. The SMILES string of the molecule is CC(C)C(C)C(=O)O[C@@H](C)[C@H](C)OC(=O)[C@@H](N)Cc1ccc(OC(=O)CC(C)(C)C)c(OC(=O)CC(C)(C)C)c1. The molecule has 226 valence electrons. The van der Waals surface area contributed by atoms with Gasteiger partial charge in [-0.25, -0.2) is 0 Å². The molecule has 0 heterocycles. The molecule has 0 radical (unpaired) electrons. The van der Waals surface area contributed by atoms with E-state index < -0.39 is 36.2 Å². The number of esters is 4. The standard InChI is InChI=1S/C31H49NO8/c1-18(2)19(3)28(35)37-20(4)21(5)38-29(36)23(32)14-22-12-13-24(39-26(33)16-30(6,7)8)25(15-22)40-27(34)17-31(9,10)11/h12-13,15,18-21,23H,14,16-17,32H2,1-11H3/t19?,20-,21-,23-/m0/s1. The summed E-state index contributed by atoms with van der Waals surface area (Å²) < 4.78 is 22.0. The minimum atomic E-state index is -1.03. The molecule has 0 spiro atoms.